The van der Waals surface area contributed by atoms with Crippen molar-refractivity contribution in [1.82, 2.24) is 15.6 Å². The van der Waals surface area contributed by atoms with Crippen LogP contribution < -0.4 is 20.1 Å². The zero-order chi connectivity index (χ0) is 30.4. The fraction of sp³-hybridized carbons (Fsp3) is 0.303. The summed E-state index contributed by atoms with van der Waals surface area (Å²) in [6, 6.07) is 23.6. The van der Waals surface area contributed by atoms with Crippen LogP contribution in [0.15, 0.2) is 85.1 Å². The Kier molecular flexibility index (Phi) is 11.8. The molecule has 0 saturated heterocycles. The molecule has 2 atom stereocenters. The lowest BCUT2D eigenvalue weighted by Gasteiger charge is -2.19. The van der Waals surface area contributed by atoms with E-state index in [0.29, 0.717) is 46.7 Å². The summed E-state index contributed by atoms with van der Waals surface area (Å²) in [5.74, 6) is 1.12. The smallest absolute Gasteiger partial charge is 0.307 e. The van der Waals surface area contributed by atoms with E-state index in [4.69, 9.17) is 14.2 Å². The van der Waals surface area contributed by atoms with Crippen molar-refractivity contribution in [2.45, 2.75) is 31.9 Å². The summed E-state index contributed by atoms with van der Waals surface area (Å²) in [4.78, 5) is 28.8. The van der Waals surface area contributed by atoms with E-state index in [2.05, 4.69) is 15.6 Å². The predicted octanol–water partition coefficient (Wildman–Crippen LogP) is 3.64. The summed E-state index contributed by atoms with van der Waals surface area (Å²) in [5.41, 5.74) is 1.84. The van der Waals surface area contributed by atoms with Crippen molar-refractivity contribution >= 4 is 22.8 Å². The van der Waals surface area contributed by atoms with E-state index < -0.39 is 6.10 Å². The summed E-state index contributed by atoms with van der Waals surface area (Å²) in [6.07, 6.45) is 1.49. The Labute approximate surface area is 250 Å². The number of aromatic nitrogens is 1. The Balaban J connectivity index is 1.32. The van der Waals surface area contributed by atoms with Crippen molar-refractivity contribution in [3.05, 3.63) is 96.2 Å². The molecule has 0 unspecified atom stereocenters. The van der Waals surface area contributed by atoms with Crippen molar-refractivity contribution in [3.8, 4) is 17.2 Å². The standard InChI is InChI=1S/C33H37N3O7/c1-2-41-31(39)16-18-35-33(40)29-10-6-9-28-30(15-17-34-32(28)29)43-27-13-11-23(12-14-27)19-24(21-37)36-20-25(38)22-42-26-7-4-3-5-8-26/h3-15,17,24-25,36-38H,2,16,18-22H2,1H3,(H,35,40)/t24-,25-/m0/s1. The third kappa shape index (κ3) is 9.50. The Bertz CT molecular complexity index is 1460. The highest BCUT2D eigenvalue weighted by Crippen LogP contribution is 2.30. The van der Waals surface area contributed by atoms with Gasteiger partial charge in [0.1, 0.15) is 30.0 Å². The number of pyridine rings is 1. The average Bonchev–Trinajstić information content (AvgIpc) is 3.03. The van der Waals surface area contributed by atoms with Crippen molar-refractivity contribution in [3.63, 3.8) is 0 Å². The lowest BCUT2D eigenvalue weighted by atomic mass is 10.1. The van der Waals surface area contributed by atoms with E-state index in [1.54, 1.807) is 31.3 Å². The van der Waals surface area contributed by atoms with Crippen molar-refractivity contribution in [1.29, 1.82) is 0 Å². The third-order valence-electron chi connectivity index (χ3n) is 6.58. The van der Waals surface area contributed by atoms with Crippen LogP contribution in [0.3, 0.4) is 0 Å². The molecule has 4 rings (SSSR count). The minimum atomic E-state index is -0.726. The second-order valence-electron chi connectivity index (χ2n) is 9.84. The lowest BCUT2D eigenvalue weighted by Crippen LogP contribution is -2.41. The van der Waals surface area contributed by atoms with Crippen molar-refractivity contribution < 1.29 is 34.0 Å². The summed E-state index contributed by atoms with van der Waals surface area (Å²) in [5, 5.41) is 26.7. The molecule has 43 heavy (non-hydrogen) atoms. The third-order valence-corrected chi connectivity index (χ3v) is 6.58. The van der Waals surface area contributed by atoms with Gasteiger partial charge in [0.15, 0.2) is 0 Å². The fourth-order valence-electron chi connectivity index (χ4n) is 4.41. The molecule has 4 aromatic rings. The number of carbonyl (C=O) groups is 2. The molecule has 1 heterocycles. The van der Waals surface area contributed by atoms with Crippen LogP contribution in [0.5, 0.6) is 17.2 Å². The van der Waals surface area contributed by atoms with Crippen LogP contribution in [0.2, 0.25) is 0 Å². The average molecular weight is 588 g/mol. The molecule has 4 N–H and O–H groups in total. The highest BCUT2D eigenvalue weighted by molar-refractivity contribution is 6.06. The normalized spacial score (nSPS) is 12.3. The van der Waals surface area contributed by atoms with Crippen LogP contribution in [0.1, 0.15) is 29.3 Å². The first kappa shape index (κ1) is 31.4. The van der Waals surface area contributed by atoms with Gasteiger partial charge in [0.25, 0.3) is 5.91 Å². The lowest BCUT2D eigenvalue weighted by molar-refractivity contribution is -0.142. The zero-order valence-corrected chi connectivity index (χ0v) is 24.1. The van der Waals surface area contributed by atoms with Gasteiger partial charge < -0.3 is 35.1 Å². The molecule has 1 aromatic heterocycles. The second kappa shape index (κ2) is 16.2. The van der Waals surface area contributed by atoms with Gasteiger partial charge in [-0.25, -0.2) is 0 Å². The molecule has 226 valence electrons. The van der Waals surface area contributed by atoms with Crippen LogP contribution in [0, 0.1) is 0 Å². The maximum absolute atomic E-state index is 12.8. The zero-order valence-electron chi connectivity index (χ0n) is 24.1. The van der Waals surface area contributed by atoms with Gasteiger partial charge in [-0.15, -0.1) is 0 Å². The van der Waals surface area contributed by atoms with Gasteiger partial charge >= 0.3 is 5.97 Å². The van der Waals surface area contributed by atoms with Crippen LogP contribution in [0.25, 0.3) is 10.9 Å². The fourth-order valence-corrected chi connectivity index (χ4v) is 4.41. The molecule has 10 nitrogen and oxygen atoms in total. The molecule has 0 fully saturated rings. The van der Waals surface area contributed by atoms with Gasteiger partial charge in [-0.05, 0) is 61.4 Å². The number of ether oxygens (including phenoxy) is 3. The summed E-state index contributed by atoms with van der Waals surface area (Å²) in [7, 11) is 0. The number of fused-ring (bicyclic) bond motifs is 1. The first-order valence-corrected chi connectivity index (χ1v) is 14.2. The number of hydrogen-bond donors (Lipinski definition) is 4. The highest BCUT2D eigenvalue weighted by Gasteiger charge is 2.15. The second-order valence-corrected chi connectivity index (χ2v) is 9.84. The Morgan fingerprint density at radius 3 is 2.49 bits per heavy atom. The monoisotopic (exact) mass is 587 g/mol. The Hall–Kier alpha value is -4.51. The largest absolute Gasteiger partial charge is 0.491 e. The maximum atomic E-state index is 12.8. The topological polar surface area (TPSA) is 139 Å². The summed E-state index contributed by atoms with van der Waals surface area (Å²) in [6.45, 7) is 2.52. The quantitative estimate of drug-likeness (QED) is 0.145. The molecule has 0 aliphatic carbocycles. The van der Waals surface area contributed by atoms with Crippen LogP contribution in [0.4, 0.5) is 0 Å². The summed E-state index contributed by atoms with van der Waals surface area (Å²) >= 11 is 0. The number of benzene rings is 3. The van der Waals surface area contributed by atoms with Gasteiger partial charge in [-0.2, -0.15) is 0 Å². The van der Waals surface area contributed by atoms with E-state index in [-0.39, 0.29) is 50.6 Å². The van der Waals surface area contributed by atoms with Gasteiger partial charge in [-0.3, -0.25) is 14.6 Å². The molecular formula is C33H37N3O7. The van der Waals surface area contributed by atoms with E-state index in [9.17, 15) is 19.8 Å². The van der Waals surface area contributed by atoms with E-state index in [0.717, 1.165) is 5.56 Å². The first-order valence-electron chi connectivity index (χ1n) is 14.2. The Morgan fingerprint density at radius 2 is 1.74 bits per heavy atom. The van der Waals surface area contributed by atoms with Gasteiger partial charge in [-0.1, -0.05) is 36.4 Å². The van der Waals surface area contributed by atoms with Crippen molar-refractivity contribution in [2.75, 3.05) is 32.9 Å². The van der Waals surface area contributed by atoms with Gasteiger partial charge in [0.2, 0.25) is 0 Å². The molecular weight excluding hydrogens is 550 g/mol. The van der Waals surface area contributed by atoms with E-state index >= 15 is 0 Å². The molecule has 3 aromatic carbocycles. The molecule has 10 heteroatoms. The number of hydrogen-bond acceptors (Lipinski definition) is 9. The molecule has 0 spiro atoms. The highest BCUT2D eigenvalue weighted by atomic mass is 16.5. The minimum Gasteiger partial charge on any atom is -0.491 e. The molecule has 0 radical (unpaired) electrons. The number of aliphatic hydroxyl groups is 2. The number of amides is 1. The number of esters is 1. The Morgan fingerprint density at radius 1 is 0.953 bits per heavy atom. The number of aliphatic hydroxyl groups excluding tert-OH is 2. The number of rotatable bonds is 16. The van der Waals surface area contributed by atoms with Crippen molar-refractivity contribution in [2.24, 2.45) is 0 Å². The van der Waals surface area contributed by atoms with Gasteiger partial charge in [0.05, 0.1) is 30.7 Å². The van der Waals surface area contributed by atoms with Crippen LogP contribution in [-0.4, -0.2) is 72.1 Å². The van der Waals surface area contributed by atoms with E-state index in [1.807, 2.05) is 60.7 Å². The minimum absolute atomic E-state index is 0.0862. The summed E-state index contributed by atoms with van der Waals surface area (Å²) < 4.78 is 16.6. The van der Waals surface area contributed by atoms with Crippen LogP contribution >= 0.6 is 0 Å². The maximum Gasteiger partial charge on any atom is 0.307 e. The number of carbonyl (C=O) groups excluding carboxylic acids is 2. The predicted molar refractivity (Wildman–Crippen MR) is 162 cm³/mol. The van der Waals surface area contributed by atoms with Gasteiger partial charge in [0, 0.05) is 30.7 Å². The molecule has 1 amide bonds. The number of nitrogens with zero attached hydrogens (tertiary/aromatic N) is 1. The molecule has 0 aliphatic heterocycles. The molecule has 0 bridgehead atoms. The molecule has 0 saturated carbocycles. The molecule has 0 aliphatic rings. The van der Waals surface area contributed by atoms with Crippen LogP contribution in [-0.2, 0) is 16.0 Å². The first-order chi connectivity index (χ1) is 21.0. The van der Waals surface area contributed by atoms with E-state index in [1.165, 1.54) is 0 Å². The SMILES string of the molecule is CCOC(=O)CCNC(=O)c1cccc2c(Oc3ccc(C[C@@H](CO)NC[C@H](O)COc4ccccc4)cc3)ccnc12. The number of para-hydroxylation sites is 2. The number of nitrogens with one attached hydrogen (secondary N) is 2.